The molecule has 4 nitrogen and oxygen atoms in total. The van der Waals surface area contributed by atoms with Gasteiger partial charge in [-0.1, -0.05) is 12.1 Å². The van der Waals surface area contributed by atoms with Crippen LogP contribution in [0.25, 0.3) is 10.2 Å². The van der Waals surface area contributed by atoms with Crippen LogP contribution in [-0.2, 0) is 0 Å². The van der Waals surface area contributed by atoms with Crippen LogP contribution in [-0.4, -0.2) is 23.2 Å². The van der Waals surface area contributed by atoms with Crippen molar-refractivity contribution in [3.63, 3.8) is 0 Å². The molecule has 3 unspecified atom stereocenters. The first-order valence-electron chi connectivity index (χ1n) is 7.99. The number of nitrogens with one attached hydrogen (secondary N) is 1. The molecule has 1 aromatic carbocycles. The fourth-order valence-electron chi connectivity index (χ4n) is 2.77. The van der Waals surface area contributed by atoms with Crippen molar-refractivity contribution in [3.05, 3.63) is 59.1 Å². The normalized spacial score (nSPS) is 15.2. The molecule has 0 spiro atoms. The van der Waals surface area contributed by atoms with E-state index in [2.05, 4.69) is 28.7 Å². The van der Waals surface area contributed by atoms with E-state index in [1.165, 1.54) is 4.70 Å². The van der Waals surface area contributed by atoms with Crippen LogP contribution < -0.4 is 10.1 Å². The van der Waals surface area contributed by atoms with Crippen molar-refractivity contribution < 1.29 is 9.84 Å². The summed E-state index contributed by atoms with van der Waals surface area (Å²) in [7, 11) is 1.63. The van der Waals surface area contributed by atoms with E-state index in [9.17, 15) is 5.11 Å². The lowest BCUT2D eigenvalue weighted by molar-refractivity contribution is 0.130. The summed E-state index contributed by atoms with van der Waals surface area (Å²) >= 11 is 1.69. The minimum Gasteiger partial charge on any atom is -0.497 e. The Labute approximate surface area is 146 Å². The molecule has 5 heteroatoms. The molecule has 2 aromatic heterocycles. The number of aliphatic hydroxyl groups excluding tert-OH is 1. The van der Waals surface area contributed by atoms with Gasteiger partial charge in [0.25, 0.3) is 0 Å². The molecule has 2 heterocycles. The number of hydrogen-bond acceptors (Lipinski definition) is 5. The first-order chi connectivity index (χ1) is 11.6. The number of aromatic nitrogens is 1. The SMILES string of the molecule is COc1ccc(C(O)C(C)NC(C)c2cnc3ccsc3c2)cc1. The number of hydrogen-bond donors (Lipinski definition) is 2. The predicted molar refractivity (Wildman–Crippen MR) is 98.6 cm³/mol. The third-order valence-electron chi connectivity index (χ3n) is 4.27. The number of thiophene rings is 1. The van der Waals surface area contributed by atoms with Gasteiger partial charge >= 0.3 is 0 Å². The van der Waals surface area contributed by atoms with Crippen molar-refractivity contribution in [2.45, 2.75) is 32.0 Å². The maximum Gasteiger partial charge on any atom is 0.118 e. The van der Waals surface area contributed by atoms with E-state index >= 15 is 0 Å². The summed E-state index contributed by atoms with van der Waals surface area (Å²) in [5.74, 6) is 0.787. The molecule has 0 radical (unpaired) electrons. The monoisotopic (exact) mass is 342 g/mol. The summed E-state index contributed by atoms with van der Waals surface area (Å²) in [6, 6.07) is 11.7. The fraction of sp³-hybridized carbons (Fsp3) is 0.316. The van der Waals surface area contributed by atoms with Crippen LogP contribution >= 0.6 is 11.3 Å². The molecule has 2 N–H and O–H groups in total. The molecular weight excluding hydrogens is 320 g/mol. The van der Waals surface area contributed by atoms with Crippen molar-refractivity contribution in [1.29, 1.82) is 0 Å². The largest absolute Gasteiger partial charge is 0.497 e. The van der Waals surface area contributed by atoms with Gasteiger partial charge in [0, 0.05) is 18.3 Å². The van der Waals surface area contributed by atoms with Gasteiger partial charge in [-0.15, -0.1) is 11.3 Å². The van der Waals surface area contributed by atoms with Crippen molar-refractivity contribution >= 4 is 21.6 Å². The number of rotatable bonds is 6. The Morgan fingerprint density at radius 2 is 1.88 bits per heavy atom. The summed E-state index contributed by atoms with van der Waals surface area (Å²) in [6.07, 6.45) is 1.32. The van der Waals surface area contributed by atoms with E-state index in [0.717, 1.165) is 22.4 Å². The van der Waals surface area contributed by atoms with Crippen LogP contribution in [0.2, 0.25) is 0 Å². The van der Waals surface area contributed by atoms with Gasteiger partial charge in [-0.05, 0) is 54.6 Å². The zero-order valence-corrected chi connectivity index (χ0v) is 14.9. The highest BCUT2D eigenvalue weighted by Crippen LogP contribution is 2.25. The molecule has 0 fully saturated rings. The zero-order valence-electron chi connectivity index (χ0n) is 14.1. The maximum atomic E-state index is 10.6. The number of aliphatic hydroxyl groups is 1. The average molecular weight is 342 g/mol. The molecule has 0 aliphatic rings. The molecule has 0 bridgehead atoms. The Morgan fingerprint density at radius 1 is 1.12 bits per heavy atom. The molecular formula is C19H22N2O2S. The van der Waals surface area contributed by atoms with E-state index in [4.69, 9.17) is 4.74 Å². The second-order valence-electron chi connectivity index (χ2n) is 5.97. The number of nitrogens with zero attached hydrogens (tertiary/aromatic N) is 1. The Kier molecular flexibility index (Phi) is 5.14. The lowest BCUT2D eigenvalue weighted by Gasteiger charge is -2.25. The molecule has 24 heavy (non-hydrogen) atoms. The summed E-state index contributed by atoms with van der Waals surface area (Å²) in [5, 5.41) is 16.1. The number of pyridine rings is 1. The van der Waals surface area contributed by atoms with Crippen LogP contribution in [0.5, 0.6) is 5.75 Å². The Bertz CT molecular complexity index is 800. The van der Waals surface area contributed by atoms with Gasteiger partial charge < -0.3 is 15.2 Å². The molecule has 0 saturated heterocycles. The van der Waals surface area contributed by atoms with E-state index in [1.807, 2.05) is 43.5 Å². The Balaban J connectivity index is 1.68. The second-order valence-corrected chi connectivity index (χ2v) is 6.92. The van der Waals surface area contributed by atoms with Crippen molar-refractivity contribution in [2.75, 3.05) is 7.11 Å². The highest BCUT2D eigenvalue weighted by atomic mass is 32.1. The zero-order chi connectivity index (χ0) is 17.1. The Hall–Kier alpha value is -1.95. The Morgan fingerprint density at radius 3 is 2.58 bits per heavy atom. The minimum absolute atomic E-state index is 0.0903. The van der Waals surface area contributed by atoms with E-state index in [1.54, 1.807) is 18.4 Å². The van der Waals surface area contributed by atoms with Crippen LogP contribution in [0.1, 0.15) is 37.1 Å². The highest BCUT2D eigenvalue weighted by molar-refractivity contribution is 7.17. The summed E-state index contributed by atoms with van der Waals surface area (Å²) < 4.78 is 6.34. The standard InChI is InChI=1S/C19H22N2O2S/c1-12(15-10-18-17(20-11-15)8-9-24-18)21-13(2)19(22)14-4-6-16(23-3)7-5-14/h4-13,19,21-22H,1-3H3. The van der Waals surface area contributed by atoms with E-state index < -0.39 is 6.10 Å². The molecule has 3 atom stereocenters. The van der Waals surface area contributed by atoms with Crippen molar-refractivity contribution in [2.24, 2.45) is 0 Å². The third-order valence-corrected chi connectivity index (χ3v) is 5.12. The molecule has 126 valence electrons. The van der Waals surface area contributed by atoms with Gasteiger partial charge in [0.15, 0.2) is 0 Å². The molecule has 3 rings (SSSR count). The van der Waals surface area contributed by atoms with Crippen molar-refractivity contribution in [1.82, 2.24) is 10.3 Å². The molecule has 0 saturated carbocycles. The molecule has 0 aliphatic heterocycles. The predicted octanol–water partition coefficient (Wildman–Crippen LogP) is 4.08. The number of fused-ring (bicyclic) bond motifs is 1. The van der Waals surface area contributed by atoms with Gasteiger partial charge in [0.05, 0.1) is 23.4 Å². The van der Waals surface area contributed by atoms with Gasteiger partial charge in [0.2, 0.25) is 0 Å². The fourth-order valence-corrected chi connectivity index (χ4v) is 3.56. The lowest BCUT2D eigenvalue weighted by Crippen LogP contribution is -2.34. The summed E-state index contributed by atoms with van der Waals surface area (Å²) in [6.45, 7) is 4.08. The maximum absolute atomic E-state index is 10.6. The number of ether oxygens (including phenoxy) is 1. The van der Waals surface area contributed by atoms with Crippen LogP contribution in [0, 0.1) is 0 Å². The molecule has 3 aromatic rings. The van der Waals surface area contributed by atoms with E-state index in [0.29, 0.717) is 0 Å². The highest BCUT2D eigenvalue weighted by Gasteiger charge is 2.19. The lowest BCUT2D eigenvalue weighted by atomic mass is 10.0. The van der Waals surface area contributed by atoms with Gasteiger partial charge in [-0.3, -0.25) is 4.98 Å². The minimum atomic E-state index is -0.586. The smallest absolute Gasteiger partial charge is 0.118 e. The van der Waals surface area contributed by atoms with Gasteiger partial charge in [0.1, 0.15) is 5.75 Å². The van der Waals surface area contributed by atoms with Crippen LogP contribution in [0.4, 0.5) is 0 Å². The first kappa shape index (κ1) is 16.9. The number of benzene rings is 1. The van der Waals surface area contributed by atoms with Gasteiger partial charge in [-0.2, -0.15) is 0 Å². The number of methoxy groups -OCH3 is 1. The molecule has 0 aliphatic carbocycles. The van der Waals surface area contributed by atoms with Crippen molar-refractivity contribution in [3.8, 4) is 5.75 Å². The average Bonchev–Trinajstić information content (AvgIpc) is 3.08. The topological polar surface area (TPSA) is 54.4 Å². The summed E-state index contributed by atoms with van der Waals surface area (Å²) in [5.41, 5.74) is 3.02. The third kappa shape index (κ3) is 3.59. The first-order valence-corrected chi connectivity index (χ1v) is 8.87. The van der Waals surface area contributed by atoms with Crippen LogP contribution in [0.3, 0.4) is 0 Å². The summed E-state index contributed by atoms with van der Waals surface area (Å²) in [4.78, 5) is 4.49. The van der Waals surface area contributed by atoms with Crippen LogP contribution in [0.15, 0.2) is 48.0 Å². The second kappa shape index (κ2) is 7.30. The quantitative estimate of drug-likeness (QED) is 0.709. The molecule has 0 amide bonds. The van der Waals surface area contributed by atoms with E-state index in [-0.39, 0.29) is 12.1 Å². The van der Waals surface area contributed by atoms with Gasteiger partial charge in [-0.25, -0.2) is 0 Å².